The van der Waals surface area contributed by atoms with E-state index in [-0.39, 0.29) is 48.5 Å². The lowest BCUT2D eigenvalue weighted by atomic mass is 10.1. The van der Waals surface area contributed by atoms with Gasteiger partial charge < -0.3 is 20.5 Å². The molecule has 0 aliphatic heterocycles. The molecular weight excluding hydrogens is 443 g/mol. The molecule has 0 heterocycles. The second-order valence-electron chi connectivity index (χ2n) is 4.91. The normalized spacial score (nSPS) is 10.8. The van der Waals surface area contributed by atoms with Gasteiger partial charge in [-0.2, -0.15) is 0 Å². The second kappa shape index (κ2) is 10.0. The first-order valence-electron chi connectivity index (χ1n) is 7.27. The van der Waals surface area contributed by atoms with Crippen LogP contribution in [0.15, 0.2) is 41.4 Å². The number of hydrogen-bond acceptors (Lipinski definition) is 3. The Morgan fingerprint density at radius 3 is 2.32 bits per heavy atom. The summed E-state index contributed by atoms with van der Waals surface area (Å²) in [6, 6.07) is 8.94. The van der Waals surface area contributed by atoms with Crippen LogP contribution in [0, 0.1) is 11.6 Å². The molecule has 2 aromatic rings. The van der Waals surface area contributed by atoms with Crippen LogP contribution in [0.1, 0.15) is 5.56 Å². The topological polar surface area (TPSA) is 68.9 Å². The highest BCUT2D eigenvalue weighted by Crippen LogP contribution is 2.29. The van der Waals surface area contributed by atoms with E-state index in [4.69, 9.17) is 15.2 Å². The third kappa shape index (κ3) is 5.73. The number of halogens is 3. The molecule has 0 aliphatic carbocycles. The van der Waals surface area contributed by atoms with Crippen molar-refractivity contribution in [1.82, 2.24) is 0 Å². The fourth-order valence-electron chi connectivity index (χ4n) is 2.16. The first-order chi connectivity index (χ1) is 11.5. The van der Waals surface area contributed by atoms with E-state index >= 15 is 0 Å². The molecule has 0 saturated carbocycles. The SMILES string of the molecule is COc1ccc(NC(N)=NCCc2c(F)cccc2F)cc1OC.I. The fourth-order valence-corrected chi connectivity index (χ4v) is 2.16. The van der Waals surface area contributed by atoms with Crippen LogP contribution < -0.4 is 20.5 Å². The molecule has 5 nitrogen and oxygen atoms in total. The van der Waals surface area contributed by atoms with Crippen LogP contribution in [-0.4, -0.2) is 26.7 Å². The number of nitrogens with zero attached hydrogens (tertiary/aromatic N) is 1. The Labute approximate surface area is 162 Å². The van der Waals surface area contributed by atoms with Gasteiger partial charge in [0.2, 0.25) is 0 Å². The van der Waals surface area contributed by atoms with Gasteiger partial charge in [0.05, 0.1) is 14.2 Å². The van der Waals surface area contributed by atoms with Crippen molar-refractivity contribution in [1.29, 1.82) is 0 Å². The lowest BCUT2D eigenvalue weighted by Gasteiger charge is -2.11. The van der Waals surface area contributed by atoms with Crippen LogP contribution in [0.2, 0.25) is 0 Å². The minimum atomic E-state index is -0.586. The molecule has 25 heavy (non-hydrogen) atoms. The highest BCUT2D eigenvalue weighted by Gasteiger charge is 2.08. The van der Waals surface area contributed by atoms with Crippen molar-refractivity contribution in [2.45, 2.75) is 6.42 Å². The van der Waals surface area contributed by atoms with Crippen molar-refractivity contribution in [2.24, 2.45) is 10.7 Å². The molecule has 0 atom stereocenters. The second-order valence-corrected chi connectivity index (χ2v) is 4.91. The number of methoxy groups -OCH3 is 2. The molecule has 0 amide bonds. The highest BCUT2D eigenvalue weighted by atomic mass is 127. The van der Waals surface area contributed by atoms with Gasteiger partial charge in [-0.05, 0) is 30.7 Å². The minimum Gasteiger partial charge on any atom is -0.493 e. The summed E-state index contributed by atoms with van der Waals surface area (Å²) >= 11 is 0. The van der Waals surface area contributed by atoms with Crippen LogP contribution in [0.5, 0.6) is 11.5 Å². The molecule has 0 unspecified atom stereocenters. The van der Waals surface area contributed by atoms with Crippen molar-refractivity contribution in [3.05, 3.63) is 53.6 Å². The first-order valence-corrected chi connectivity index (χ1v) is 7.27. The number of hydrogen-bond donors (Lipinski definition) is 2. The molecule has 0 aliphatic rings. The molecule has 3 N–H and O–H groups in total. The van der Waals surface area contributed by atoms with Gasteiger partial charge in [0.25, 0.3) is 0 Å². The predicted molar refractivity (Wildman–Crippen MR) is 105 cm³/mol. The van der Waals surface area contributed by atoms with Gasteiger partial charge in [0.15, 0.2) is 17.5 Å². The molecule has 0 saturated heterocycles. The molecular formula is C17H20F2IN3O2. The average Bonchev–Trinajstić information content (AvgIpc) is 2.57. The molecule has 0 bridgehead atoms. The Morgan fingerprint density at radius 2 is 1.72 bits per heavy atom. The number of nitrogens with one attached hydrogen (secondary N) is 1. The zero-order valence-corrected chi connectivity index (χ0v) is 16.2. The first kappa shape index (κ1) is 20.9. The molecule has 136 valence electrons. The van der Waals surface area contributed by atoms with Crippen molar-refractivity contribution in [3.63, 3.8) is 0 Å². The Balaban J connectivity index is 0.00000312. The van der Waals surface area contributed by atoms with Gasteiger partial charge in [-0.1, -0.05) is 6.07 Å². The maximum Gasteiger partial charge on any atom is 0.193 e. The molecule has 8 heteroatoms. The van der Waals surface area contributed by atoms with Gasteiger partial charge in [-0.15, -0.1) is 24.0 Å². The van der Waals surface area contributed by atoms with E-state index in [9.17, 15) is 8.78 Å². The third-order valence-corrected chi connectivity index (χ3v) is 3.36. The summed E-state index contributed by atoms with van der Waals surface area (Å²) in [5.41, 5.74) is 6.45. The van der Waals surface area contributed by atoms with Crippen LogP contribution in [-0.2, 0) is 6.42 Å². The summed E-state index contributed by atoms with van der Waals surface area (Å²) in [6.45, 7) is 0.157. The number of guanidine groups is 1. The van der Waals surface area contributed by atoms with Gasteiger partial charge >= 0.3 is 0 Å². The third-order valence-electron chi connectivity index (χ3n) is 3.36. The lowest BCUT2D eigenvalue weighted by molar-refractivity contribution is 0.355. The van der Waals surface area contributed by atoms with Crippen LogP contribution >= 0.6 is 24.0 Å². The molecule has 2 rings (SSSR count). The molecule has 0 aromatic heterocycles. The number of benzene rings is 2. The van der Waals surface area contributed by atoms with Crippen molar-refractivity contribution in [3.8, 4) is 11.5 Å². The number of ether oxygens (including phenoxy) is 2. The zero-order chi connectivity index (χ0) is 17.5. The predicted octanol–water partition coefficient (Wildman–Crippen LogP) is 3.57. The van der Waals surface area contributed by atoms with E-state index in [0.29, 0.717) is 17.2 Å². The maximum atomic E-state index is 13.5. The average molecular weight is 463 g/mol. The Morgan fingerprint density at radius 1 is 1.08 bits per heavy atom. The summed E-state index contributed by atoms with van der Waals surface area (Å²) in [7, 11) is 3.07. The number of anilines is 1. The van der Waals surface area contributed by atoms with Crippen LogP contribution in [0.3, 0.4) is 0 Å². The van der Waals surface area contributed by atoms with Crippen molar-refractivity contribution in [2.75, 3.05) is 26.1 Å². The maximum absolute atomic E-state index is 13.5. The van der Waals surface area contributed by atoms with E-state index in [2.05, 4.69) is 10.3 Å². The molecule has 2 aromatic carbocycles. The van der Waals surface area contributed by atoms with E-state index in [0.717, 1.165) is 0 Å². The molecule has 0 radical (unpaired) electrons. The zero-order valence-electron chi connectivity index (χ0n) is 13.9. The van der Waals surface area contributed by atoms with Gasteiger partial charge in [-0.25, -0.2) is 8.78 Å². The monoisotopic (exact) mass is 463 g/mol. The Bertz CT molecular complexity index is 722. The lowest BCUT2D eigenvalue weighted by Crippen LogP contribution is -2.23. The van der Waals surface area contributed by atoms with E-state index in [1.807, 2.05) is 0 Å². The summed E-state index contributed by atoms with van der Waals surface area (Å²) < 4.78 is 37.4. The summed E-state index contributed by atoms with van der Waals surface area (Å²) in [4.78, 5) is 4.07. The standard InChI is InChI=1S/C17H19F2N3O2.HI/c1-23-15-7-6-11(10-16(15)24-2)22-17(20)21-9-8-12-13(18)4-3-5-14(12)19;/h3-7,10H,8-9H2,1-2H3,(H3,20,21,22);1H. The Kier molecular flexibility index (Phi) is 8.39. The van der Waals surface area contributed by atoms with E-state index in [1.165, 1.54) is 25.3 Å². The van der Waals surface area contributed by atoms with Gasteiger partial charge in [0.1, 0.15) is 11.6 Å². The number of nitrogens with two attached hydrogens (primary N) is 1. The van der Waals surface area contributed by atoms with Crippen LogP contribution in [0.25, 0.3) is 0 Å². The summed E-state index contributed by atoms with van der Waals surface area (Å²) in [5, 5.41) is 2.89. The highest BCUT2D eigenvalue weighted by molar-refractivity contribution is 14.0. The largest absolute Gasteiger partial charge is 0.493 e. The Hall–Kier alpha value is -2.10. The smallest absolute Gasteiger partial charge is 0.193 e. The van der Waals surface area contributed by atoms with Gasteiger partial charge in [0, 0.05) is 23.9 Å². The number of aliphatic imine (C=N–C) groups is 1. The van der Waals surface area contributed by atoms with Crippen LogP contribution in [0.4, 0.5) is 14.5 Å². The summed E-state index contributed by atoms with van der Waals surface area (Å²) in [6.07, 6.45) is 0.118. The van der Waals surface area contributed by atoms with E-state index in [1.54, 1.807) is 25.3 Å². The van der Waals surface area contributed by atoms with E-state index < -0.39 is 11.6 Å². The summed E-state index contributed by atoms with van der Waals surface area (Å²) in [5.74, 6) is 0.101. The van der Waals surface area contributed by atoms with Crippen molar-refractivity contribution < 1.29 is 18.3 Å². The molecule has 0 spiro atoms. The van der Waals surface area contributed by atoms with Gasteiger partial charge in [-0.3, -0.25) is 4.99 Å². The minimum absolute atomic E-state index is 0. The number of rotatable bonds is 6. The fraction of sp³-hybridized carbons (Fsp3) is 0.235. The quantitative estimate of drug-likeness (QED) is 0.391. The van der Waals surface area contributed by atoms with Crippen molar-refractivity contribution >= 4 is 35.6 Å². The molecule has 0 fully saturated rings.